The van der Waals surface area contributed by atoms with Crippen LogP contribution in [0.15, 0.2) is 18.2 Å². The van der Waals surface area contributed by atoms with Gasteiger partial charge in [-0.3, -0.25) is 0 Å². The summed E-state index contributed by atoms with van der Waals surface area (Å²) in [5.41, 5.74) is 1.72. The molecule has 1 N–H and O–H groups in total. The fraction of sp³-hybridized carbons (Fsp3) is 0.385. The lowest BCUT2D eigenvalue weighted by atomic mass is 10.0. The molecule has 0 spiro atoms. The molecule has 0 bridgehead atoms. The second-order valence-corrected chi connectivity index (χ2v) is 3.48. The molecule has 0 saturated heterocycles. The lowest BCUT2D eigenvalue weighted by Crippen LogP contribution is -1.97. The molecule has 4 heteroatoms. The first-order valence-corrected chi connectivity index (χ1v) is 5.25. The molecule has 0 atom stereocenters. The Morgan fingerprint density at radius 2 is 1.65 bits per heavy atom. The highest BCUT2D eigenvalue weighted by Gasteiger charge is 2.14. The van der Waals surface area contributed by atoms with Crippen molar-refractivity contribution >= 4 is 5.57 Å². The number of methoxy groups -OCH3 is 3. The van der Waals surface area contributed by atoms with Gasteiger partial charge in [0, 0.05) is 12.1 Å². The number of hydrogen-bond donors (Lipinski definition) is 1. The number of rotatable bonds is 5. The third-order valence-electron chi connectivity index (χ3n) is 2.51. The van der Waals surface area contributed by atoms with Gasteiger partial charge in [0.15, 0.2) is 0 Å². The summed E-state index contributed by atoms with van der Waals surface area (Å²) in [6.45, 7) is 1.87. The Morgan fingerprint density at radius 3 is 2.00 bits per heavy atom. The van der Waals surface area contributed by atoms with Gasteiger partial charge in [-0.15, -0.1) is 0 Å². The van der Waals surface area contributed by atoms with Crippen molar-refractivity contribution in [2.45, 2.75) is 6.92 Å². The fourth-order valence-corrected chi connectivity index (χ4v) is 1.63. The Hall–Kier alpha value is -1.68. The first kappa shape index (κ1) is 13.4. The standard InChI is InChI=1S/C13H18O4/c1-9(5-6-14)13-11(16-3)7-10(15-2)8-12(13)17-4/h5,7-8,14H,6H2,1-4H3. The predicted octanol–water partition coefficient (Wildman–Crippen LogP) is 2.11. The van der Waals surface area contributed by atoms with Crippen molar-refractivity contribution in [1.29, 1.82) is 0 Å². The first-order chi connectivity index (χ1) is 8.17. The highest BCUT2D eigenvalue weighted by atomic mass is 16.5. The molecular weight excluding hydrogens is 220 g/mol. The minimum Gasteiger partial charge on any atom is -0.496 e. The number of aliphatic hydroxyl groups is 1. The number of ether oxygens (including phenoxy) is 3. The summed E-state index contributed by atoms with van der Waals surface area (Å²) in [7, 11) is 4.76. The number of aliphatic hydroxyl groups excluding tert-OH is 1. The van der Waals surface area contributed by atoms with E-state index in [1.165, 1.54) is 0 Å². The van der Waals surface area contributed by atoms with Crippen molar-refractivity contribution in [2.75, 3.05) is 27.9 Å². The molecule has 94 valence electrons. The molecule has 0 aromatic heterocycles. The second-order valence-electron chi connectivity index (χ2n) is 3.48. The van der Waals surface area contributed by atoms with Crippen molar-refractivity contribution in [3.05, 3.63) is 23.8 Å². The van der Waals surface area contributed by atoms with Gasteiger partial charge in [0.2, 0.25) is 0 Å². The van der Waals surface area contributed by atoms with Gasteiger partial charge in [0.25, 0.3) is 0 Å². The number of hydrogen-bond acceptors (Lipinski definition) is 4. The van der Waals surface area contributed by atoms with Crippen molar-refractivity contribution in [3.63, 3.8) is 0 Å². The average molecular weight is 238 g/mol. The molecule has 0 aliphatic carbocycles. The normalized spacial score (nSPS) is 11.2. The van der Waals surface area contributed by atoms with Crippen LogP contribution in [0.5, 0.6) is 17.2 Å². The molecule has 0 aliphatic rings. The van der Waals surface area contributed by atoms with Gasteiger partial charge in [-0.1, -0.05) is 6.08 Å². The van der Waals surface area contributed by atoms with Crippen LogP contribution >= 0.6 is 0 Å². The highest BCUT2D eigenvalue weighted by Crippen LogP contribution is 2.38. The third-order valence-corrected chi connectivity index (χ3v) is 2.51. The summed E-state index contributed by atoms with van der Waals surface area (Å²) in [6, 6.07) is 3.57. The summed E-state index contributed by atoms with van der Waals surface area (Å²) >= 11 is 0. The second kappa shape index (κ2) is 6.15. The van der Waals surface area contributed by atoms with Crippen LogP contribution in [0.1, 0.15) is 12.5 Å². The van der Waals surface area contributed by atoms with Gasteiger partial charge in [-0.05, 0) is 12.5 Å². The van der Waals surface area contributed by atoms with E-state index in [1.807, 2.05) is 6.92 Å². The Balaban J connectivity index is 3.39. The summed E-state index contributed by atoms with van der Waals surface area (Å²) in [5.74, 6) is 1.98. The lowest BCUT2D eigenvalue weighted by molar-refractivity contribution is 0.343. The van der Waals surface area contributed by atoms with Crippen LogP contribution in [0.4, 0.5) is 0 Å². The first-order valence-electron chi connectivity index (χ1n) is 5.25. The summed E-state index contributed by atoms with van der Waals surface area (Å²) in [6.07, 6.45) is 1.70. The van der Waals surface area contributed by atoms with E-state index in [9.17, 15) is 0 Å². The van der Waals surface area contributed by atoms with Gasteiger partial charge in [0.05, 0.1) is 33.5 Å². The molecule has 0 aliphatic heterocycles. The topological polar surface area (TPSA) is 47.9 Å². The smallest absolute Gasteiger partial charge is 0.133 e. The van der Waals surface area contributed by atoms with E-state index in [1.54, 1.807) is 39.5 Å². The van der Waals surface area contributed by atoms with E-state index in [-0.39, 0.29) is 6.61 Å². The largest absolute Gasteiger partial charge is 0.496 e. The zero-order valence-electron chi connectivity index (χ0n) is 10.6. The molecule has 0 heterocycles. The van der Waals surface area contributed by atoms with E-state index in [2.05, 4.69) is 0 Å². The zero-order valence-corrected chi connectivity index (χ0v) is 10.6. The van der Waals surface area contributed by atoms with Crippen LogP contribution in [0.3, 0.4) is 0 Å². The summed E-state index contributed by atoms with van der Waals surface area (Å²) in [5, 5.41) is 8.94. The van der Waals surface area contributed by atoms with E-state index in [0.29, 0.717) is 17.2 Å². The van der Waals surface area contributed by atoms with E-state index < -0.39 is 0 Å². The fourth-order valence-electron chi connectivity index (χ4n) is 1.63. The van der Waals surface area contributed by atoms with Gasteiger partial charge in [-0.25, -0.2) is 0 Å². The van der Waals surface area contributed by atoms with Crippen LogP contribution in [0.2, 0.25) is 0 Å². The van der Waals surface area contributed by atoms with Crippen molar-refractivity contribution in [3.8, 4) is 17.2 Å². The molecular formula is C13H18O4. The van der Waals surface area contributed by atoms with Crippen molar-refractivity contribution in [2.24, 2.45) is 0 Å². The van der Waals surface area contributed by atoms with Gasteiger partial charge < -0.3 is 19.3 Å². The van der Waals surface area contributed by atoms with Crippen molar-refractivity contribution in [1.82, 2.24) is 0 Å². The maximum absolute atomic E-state index is 8.94. The van der Waals surface area contributed by atoms with Crippen LogP contribution in [-0.4, -0.2) is 33.0 Å². The summed E-state index contributed by atoms with van der Waals surface area (Å²) in [4.78, 5) is 0. The van der Waals surface area contributed by atoms with Gasteiger partial charge >= 0.3 is 0 Å². The summed E-state index contributed by atoms with van der Waals surface area (Å²) < 4.78 is 15.8. The molecule has 1 rings (SSSR count). The van der Waals surface area contributed by atoms with Crippen molar-refractivity contribution < 1.29 is 19.3 Å². The van der Waals surface area contributed by atoms with Crippen LogP contribution < -0.4 is 14.2 Å². The third kappa shape index (κ3) is 2.91. The van der Waals surface area contributed by atoms with Crippen LogP contribution in [0, 0.1) is 0 Å². The van der Waals surface area contributed by atoms with E-state index in [0.717, 1.165) is 11.1 Å². The molecule has 0 saturated carbocycles. The molecule has 0 fully saturated rings. The monoisotopic (exact) mass is 238 g/mol. The van der Waals surface area contributed by atoms with Crippen LogP contribution in [0.25, 0.3) is 5.57 Å². The maximum atomic E-state index is 8.94. The molecule has 1 aromatic rings. The Morgan fingerprint density at radius 1 is 1.12 bits per heavy atom. The Bertz CT molecular complexity index is 385. The molecule has 0 unspecified atom stereocenters. The minimum absolute atomic E-state index is 0.0236. The molecule has 17 heavy (non-hydrogen) atoms. The Kier molecular flexibility index (Phi) is 4.84. The van der Waals surface area contributed by atoms with Gasteiger partial charge in [-0.2, -0.15) is 0 Å². The van der Waals surface area contributed by atoms with Gasteiger partial charge in [0.1, 0.15) is 17.2 Å². The van der Waals surface area contributed by atoms with Crippen LogP contribution in [-0.2, 0) is 0 Å². The average Bonchev–Trinajstić information content (AvgIpc) is 2.37. The zero-order chi connectivity index (χ0) is 12.8. The molecule has 4 nitrogen and oxygen atoms in total. The number of allylic oxidation sites excluding steroid dienone is 1. The van der Waals surface area contributed by atoms with E-state index >= 15 is 0 Å². The predicted molar refractivity (Wildman–Crippen MR) is 66.8 cm³/mol. The number of benzene rings is 1. The lowest BCUT2D eigenvalue weighted by Gasteiger charge is -2.15. The highest BCUT2D eigenvalue weighted by molar-refractivity contribution is 5.75. The SMILES string of the molecule is COc1cc(OC)c(C(C)=CCO)c(OC)c1. The Labute approximate surface area is 101 Å². The maximum Gasteiger partial charge on any atom is 0.133 e. The molecule has 0 amide bonds. The molecule has 1 aromatic carbocycles. The molecule has 0 radical (unpaired) electrons. The minimum atomic E-state index is -0.0236. The van der Waals surface area contributed by atoms with E-state index in [4.69, 9.17) is 19.3 Å². The quantitative estimate of drug-likeness (QED) is 0.853.